The predicted octanol–water partition coefficient (Wildman–Crippen LogP) is 3.44. The summed E-state index contributed by atoms with van der Waals surface area (Å²) in [5.74, 6) is -1.74. The van der Waals surface area contributed by atoms with Gasteiger partial charge in [-0.25, -0.2) is 4.98 Å². The van der Waals surface area contributed by atoms with Crippen LogP contribution in [0.15, 0.2) is 29.6 Å². The van der Waals surface area contributed by atoms with Gasteiger partial charge >= 0.3 is 5.97 Å². The van der Waals surface area contributed by atoms with Crippen molar-refractivity contribution in [1.29, 1.82) is 0 Å². The molecule has 0 radical (unpaired) electrons. The monoisotopic (exact) mass is 346 g/mol. The number of nitrogens with zero attached hydrogens (tertiary/aromatic N) is 1. The number of hydrogen-bond acceptors (Lipinski definition) is 5. The van der Waals surface area contributed by atoms with Crippen LogP contribution in [0.1, 0.15) is 52.8 Å². The van der Waals surface area contributed by atoms with Gasteiger partial charge in [0, 0.05) is 17.7 Å². The largest absolute Gasteiger partial charge is 0.481 e. The molecule has 1 aliphatic heterocycles. The summed E-state index contributed by atoms with van der Waals surface area (Å²) >= 11 is 1.43. The highest BCUT2D eigenvalue weighted by atomic mass is 32.1. The van der Waals surface area contributed by atoms with Crippen molar-refractivity contribution in [3.8, 4) is 0 Å². The van der Waals surface area contributed by atoms with E-state index in [2.05, 4.69) is 10.3 Å². The normalized spacial score (nSPS) is 18.3. The zero-order chi connectivity index (χ0) is 17.1. The van der Waals surface area contributed by atoms with Crippen LogP contribution in [-0.2, 0) is 9.53 Å². The molecule has 1 fully saturated rings. The number of carboxylic acids is 1. The lowest BCUT2D eigenvalue weighted by molar-refractivity contribution is -0.138. The lowest BCUT2D eigenvalue weighted by Crippen LogP contribution is -2.13. The third kappa shape index (κ3) is 3.63. The molecule has 7 heteroatoms. The second kappa shape index (κ2) is 7.11. The Balaban J connectivity index is 1.65. The second-order valence-corrected chi connectivity index (χ2v) is 6.60. The predicted molar refractivity (Wildman–Crippen MR) is 90.5 cm³/mol. The van der Waals surface area contributed by atoms with Crippen LogP contribution in [0.3, 0.4) is 0 Å². The number of rotatable bonds is 5. The lowest BCUT2D eigenvalue weighted by Gasteiger charge is -2.08. The number of aromatic nitrogens is 1. The Morgan fingerprint density at radius 2 is 2.12 bits per heavy atom. The van der Waals surface area contributed by atoms with Gasteiger partial charge in [-0.15, -0.1) is 11.3 Å². The molecule has 1 aromatic heterocycles. The van der Waals surface area contributed by atoms with Gasteiger partial charge in [0.2, 0.25) is 0 Å². The first-order valence-electron chi connectivity index (χ1n) is 7.75. The molecule has 0 spiro atoms. The molecular weight excluding hydrogens is 328 g/mol. The average Bonchev–Trinajstić information content (AvgIpc) is 3.26. The molecule has 126 valence electrons. The molecule has 0 aliphatic carbocycles. The van der Waals surface area contributed by atoms with E-state index in [0.29, 0.717) is 16.9 Å². The molecular formula is C17H18N2O4S. The molecule has 1 aromatic carbocycles. The van der Waals surface area contributed by atoms with E-state index < -0.39 is 11.9 Å². The molecule has 0 saturated carbocycles. The number of anilines is 1. The van der Waals surface area contributed by atoms with Crippen LogP contribution < -0.4 is 5.32 Å². The summed E-state index contributed by atoms with van der Waals surface area (Å²) in [6, 6.07) is 6.79. The van der Waals surface area contributed by atoms with Gasteiger partial charge in [-0.2, -0.15) is 0 Å². The zero-order valence-corrected chi connectivity index (χ0v) is 14.0. The van der Waals surface area contributed by atoms with Gasteiger partial charge in [0.05, 0.1) is 5.92 Å². The van der Waals surface area contributed by atoms with Crippen molar-refractivity contribution in [1.82, 2.24) is 4.98 Å². The number of nitrogens with one attached hydrogen (secondary N) is 1. The maximum atomic E-state index is 12.3. The van der Waals surface area contributed by atoms with Crippen molar-refractivity contribution in [2.75, 3.05) is 11.9 Å². The fourth-order valence-electron chi connectivity index (χ4n) is 2.51. The zero-order valence-electron chi connectivity index (χ0n) is 13.2. The number of carbonyl (C=O) groups excluding carboxylic acids is 1. The Kier molecular flexibility index (Phi) is 4.92. The van der Waals surface area contributed by atoms with E-state index >= 15 is 0 Å². The summed E-state index contributed by atoms with van der Waals surface area (Å²) in [5, 5.41) is 14.3. The number of aliphatic carboxylic acids is 1. The lowest BCUT2D eigenvalue weighted by atomic mass is 10.0. The quantitative estimate of drug-likeness (QED) is 0.866. The summed E-state index contributed by atoms with van der Waals surface area (Å²) in [5.41, 5.74) is 1.66. The van der Waals surface area contributed by atoms with Crippen molar-refractivity contribution in [2.24, 2.45) is 0 Å². The highest BCUT2D eigenvalue weighted by molar-refractivity contribution is 7.09. The first-order chi connectivity index (χ1) is 11.5. The molecule has 2 heterocycles. The number of carbonyl (C=O) groups is 2. The summed E-state index contributed by atoms with van der Waals surface area (Å²) in [6.45, 7) is 2.37. The van der Waals surface area contributed by atoms with Gasteiger partial charge in [-0.3, -0.25) is 9.59 Å². The Bertz CT molecular complexity index is 735. The van der Waals surface area contributed by atoms with Crippen molar-refractivity contribution < 1.29 is 19.4 Å². The third-order valence-electron chi connectivity index (χ3n) is 4.00. The van der Waals surface area contributed by atoms with Crippen LogP contribution >= 0.6 is 11.3 Å². The van der Waals surface area contributed by atoms with Gasteiger partial charge in [0.1, 0.15) is 16.8 Å². The SMILES string of the molecule is C[C@@H](C(=O)O)c1ccc(NC(=O)c2csc([C@H]3CCCO3)n2)cc1. The van der Waals surface area contributed by atoms with Crippen molar-refractivity contribution in [3.63, 3.8) is 0 Å². The van der Waals surface area contributed by atoms with E-state index in [-0.39, 0.29) is 12.0 Å². The Labute approximate surface area is 143 Å². The minimum atomic E-state index is -0.879. The van der Waals surface area contributed by atoms with Crippen LogP contribution in [0, 0.1) is 0 Å². The molecule has 6 nitrogen and oxygen atoms in total. The molecule has 2 atom stereocenters. The van der Waals surface area contributed by atoms with Crippen LogP contribution in [-0.4, -0.2) is 28.6 Å². The summed E-state index contributed by atoms with van der Waals surface area (Å²) < 4.78 is 5.57. The number of carboxylic acid groups (broad SMARTS) is 1. The first-order valence-corrected chi connectivity index (χ1v) is 8.63. The van der Waals surface area contributed by atoms with Gasteiger partial charge in [0.25, 0.3) is 5.91 Å². The molecule has 2 N–H and O–H groups in total. The first kappa shape index (κ1) is 16.6. The molecule has 1 saturated heterocycles. The molecule has 3 rings (SSSR count). The van der Waals surface area contributed by atoms with Gasteiger partial charge in [-0.1, -0.05) is 12.1 Å². The van der Waals surface area contributed by atoms with E-state index in [4.69, 9.17) is 9.84 Å². The molecule has 1 amide bonds. The van der Waals surface area contributed by atoms with Crippen LogP contribution in [0.5, 0.6) is 0 Å². The summed E-state index contributed by atoms with van der Waals surface area (Å²) in [4.78, 5) is 27.6. The van der Waals surface area contributed by atoms with E-state index in [0.717, 1.165) is 24.5 Å². The molecule has 2 aromatic rings. The fourth-order valence-corrected chi connectivity index (χ4v) is 3.39. The highest BCUT2D eigenvalue weighted by Gasteiger charge is 2.22. The van der Waals surface area contributed by atoms with E-state index in [1.165, 1.54) is 11.3 Å². The summed E-state index contributed by atoms with van der Waals surface area (Å²) in [6.07, 6.45) is 1.97. The van der Waals surface area contributed by atoms with Gasteiger partial charge in [-0.05, 0) is 37.5 Å². The van der Waals surface area contributed by atoms with Crippen LogP contribution in [0.25, 0.3) is 0 Å². The van der Waals surface area contributed by atoms with E-state index in [1.54, 1.807) is 36.6 Å². The Morgan fingerprint density at radius 1 is 1.38 bits per heavy atom. The number of benzene rings is 1. The van der Waals surface area contributed by atoms with Crippen molar-refractivity contribution in [2.45, 2.75) is 31.8 Å². The van der Waals surface area contributed by atoms with Crippen LogP contribution in [0.2, 0.25) is 0 Å². The van der Waals surface area contributed by atoms with Gasteiger partial charge < -0.3 is 15.2 Å². The Morgan fingerprint density at radius 3 is 2.75 bits per heavy atom. The molecule has 1 aliphatic rings. The van der Waals surface area contributed by atoms with Crippen molar-refractivity contribution in [3.05, 3.63) is 45.9 Å². The molecule has 24 heavy (non-hydrogen) atoms. The average molecular weight is 346 g/mol. The number of thiazole rings is 1. The minimum Gasteiger partial charge on any atom is -0.481 e. The fraction of sp³-hybridized carbons (Fsp3) is 0.353. The summed E-state index contributed by atoms with van der Waals surface area (Å²) in [7, 11) is 0. The maximum absolute atomic E-state index is 12.3. The topological polar surface area (TPSA) is 88.5 Å². The minimum absolute atomic E-state index is 0.00772. The van der Waals surface area contributed by atoms with Crippen LogP contribution in [0.4, 0.5) is 5.69 Å². The van der Waals surface area contributed by atoms with E-state index in [1.807, 2.05) is 0 Å². The van der Waals surface area contributed by atoms with Crippen molar-refractivity contribution >= 4 is 28.9 Å². The smallest absolute Gasteiger partial charge is 0.310 e. The van der Waals surface area contributed by atoms with E-state index in [9.17, 15) is 9.59 Å². The highest BCUT2D eigenvalue weighted by Crippen LogP contribution is 2.30. The maximum Gasteiger partial charge on any atom is 0.310 e. The Hall–Kier alpha value is -2.25. The molecule has 0 bridgehead atoms. The molecule has 0 unspecified atom stereocenters. The third-order valence-corrected chi connectivity index (χ3v) is 4.94. The standard InChI is InChI=1S/C17H18N2O4S/c1-10(17(21)22)11-4-6-12(7-5-11)18-15(20)13-9-24-16(19-13)14-3-2-8-23-14/h4-7,9-10,14H,2-3,8H2,1H3,(H,18,20)(H,21,22)/t10-,14-/m1/s1. The second-order valence-electron chi connectivity index (χ2n) is 5.71. The number of amides is 1. The van der Waals surface area contributed by atoms with Gasteiger partial charge in [0.15, 0.2) is 0 Å². The number of hydrogen-bond donors (Lipinski definition) is 2. The number of ether oxygens (including phenoxy) is 1.